The zero-order chi connectivity index (χ0) is 15.3. The first-order valence-electron chi connectivity index (χ1n) is 6.73. The number of amidine groups is 1. The molecular formula is C15H20N4OS. The van der Waals surface area contributed by atoms with Gasteiger partial charge in [0.15, 0.2) is 5.17 Å². The highest BCUT2D eigenvalue weighted by Crippen LogP contribution is 2.23. The van der Waals surface area contributed by atoms with Gasteiger partial charge in [0.1, 0.15) is 0 Å². The zero-order valence-electron chi connectivity index (χ0n) is 12.8. The van der Waals surface area contributed by atoms with Crippen molar-refractivity contribution in [1.29, 1.82) is 0 Å². The summed E-state index contributed by atoms with van der Waals surface area (Å²) in [4.78, 5) is 4.21. The largest absolute Gasteiger partial charge is 0.407 e. The summed E-state index contributed by atoms with van der Waals surface area (Å²) in [5.41, 5.74) is 1.08. The van der Waals surface area contributed by atoms with Gasteiger partial charge in [0.05, 0.1) is 0 Å². The van der Waals surface area contributed by atoms with Crippen LogP contribution in [0.4, 0.5) is 6.01 Å². The Bertz CT molecular complexity index is 602. The Morgan fingerprint density at radius 3 is 2.52 bits per heavy atom. The van der Waals surface area contributed by atoms with Crippen LogP contribution in [0.25, 0.3) is 0 Å². The van der Waals surface area contributed by atoms with Gasteiger partial charge in [0, 0.05) is 18.2 Å². The van der Waals surface area contributed by atoms with E-state index in [0.29, 0.717) is 11.9 Å². The molecule has 0 amide bonds. The molecule has 5 nitrogen and oxygen atoms in total. The fraction of sp³-hybridized carbons (Fsp3) is 0.400. The molecule has 2 aromatic rings. The maximum Gasteiger partial charge on any atom is 0.321 e. The van der Waals surface area contributed by atoms with E-state index in [9.17, 15) is 0 Å². The third-order valence-corrected chi connectivity index (χ3v) is 3.74. The lowest BCUT2D eigenvalue weighted by atomic mass is 9.97. The minimum absolute atomic E-state index is 0.159. The highest BCUT2D eigenvalue weighted by Gasteiger charge is 2.21. The molecule has 0 aliphatic carbocycles. The molecule has 1 aromatic carbocycles. The topological polar surface area (TPSA) is 63.3 Å². The lowest BCUT2D eigenvalue weighted by Gasteiger charge is -2.11. The molecule has 1 aromatic heterocycles. The SMILES string of the molecule is CN=C(Nc1nnc(C(C)(C)C)o1)SCc1ccccc1. The van der Waals surface area contributed by atoms with Crippen LogP contribution in [0.5, 0.6) is 0 Å². The van der Waals surface area contributed by atoms with Gasteiger partial charge in [-0.1, -0.05) is 68.0 Å². The third kappa shape index (κ3) is 4.60. The summed E-state index contributed by atoms with van der Waals surface area (Å²) in [7, 11) is 1.74. The zero-order valence-corrected chi connectivity index (χ0v) is 13.6. The van der Waals surface area contributed by atoms with Crippen molar-refractivity contribution in [2.45, 2.75) is 31.9 Å². The van der Waals surface area contributed by atoms with E-state index in [1.807, 2.05) is 39.0 Å². The van der Waals surface area contributed by atoms with E-state index in [-0.39, 0.29) is 5.41 Å². The smallest absolute Gasteiger partial charge is 0.321 e. The molecule has 0 fully saturated rings. The van der Waals surface area contributed by atoms with E-state index in [4.69, 9.17) is 4.42 Å². The molecule has 0 aliphatic heterocycles. The maximum atomic E-state index is 5.60. The summed E-state index contributed by atoms with van der Waals surface area (Å²) in [5.74, 6) is 1.44. The number of aliphatic imine (C=N–C) groups is 1. The van der Waals surface area contributed by atoms with Crippen molar-refractivity contribution in [3.8, 4) is 0 Å². The summed E-state index contributed by atoms with van der Waals surface area (Å²) >= 11 is 1.60. The molecular weight excluding hydrogens is 284 g/mol. The Morgan fingerprint density at radius 1 is 1.24 bits per heavy atom. The van der Waals surface area contributed by atoms with Gasteiger partial charge < -0.3 is 4.42 Å². The molecule has 0 spiro atoms. The summed E-state index contributed by atoms with van der Waals surface area (Å²) in [5, 5.41) is 11.9. The first-order valence-corrected chi connectivity index (χ1v) is 7.72. The number of thioether (sulfide) groups is 1. The molecule has 2 rings (SSSR count). The Labute approximate surface area is 129 Å². The van der Waals surface area contributed by atoms with E-state index >= 15 is 0 Å². The summed E-state index contributed by atoms with van der Waals surface area (Å²) in [6.45, 7) is 6.09. The Balaban J connectivity index is 1.95. The molecule has 0 saturated heterocycles. The van der Waals surface area contributed by atoms with Crippen LogP contribution in [0.1, 0.15) is 32.2 Å². The van der Waals surface area contributed by atoms with Gasteiger partial charge in [-0.25, -0.2) is 0 Å². The lowest BCUT2D eigenvalue weighted by Crippen LogP contribution is -2.11. The second kappa shape index (κ2) is 6.76. The number of benzene rings is 1. The van der Waals surface area contributed by atoms with E-state index < -0.39 is 0 Å². The van der Waals surface area contributed by atoms with E-state index in [1.54, 1.807) is 18.8 Å². The van der Waals surface area contributed by atoms with Crippen LogP contribution in [0.3, 0.4) is 0 Å². The number of nitrogens with one attached hydrogen (secondary N) is 1. The Morgan fingerprint density at radius 2 is 1.95 bits per heavy atom. The van der Waals surface area contributed by atoms with E-state index in [0.717, 1.165) is 10.9 Å². The van der Waals surface area contributed by atoms with E-state index in [1.165, 1.54) is 5.56 Å². The molecule has 0 unspecified atom stereocenters. The molecule has 1 N–H and O–H groups in total. The van der Waals surface area contributed by atoms with Gasteiger partial charge in [0.25, 0.3) is 0 Å². The molecule has 21 heavy (non-hydrogen) atoms. The fourth-order valence-electron chi connectivity index (χ4n) is 1.55. The second-order valence-electron chi connectivity index (χ2n) is 5.59. The molecule has 0 radical (unpaired) electrons. The highest BCUT2D eigenvalue weighted by molar-refractivity contribution is 8.13. The third-order valence-electron chi connectivity index (χ3n) is 2.70. The lowest BCUT2D eigenvalue weighted by molar-refractivity contribution is 0.401. The fourth-order valence-corrected chi connectivity index (χ4v) is 2.34. The van der Waals surface area contributed by atoms with Gasteiger partial charge in [-0.3, -0.25) is 10.3 Å². The van der Waals surface area contributed by atoms with Crippen LogP contribution >= 0.6 is 11.8 Å². The van der Waals surface area contributed by atoms with Crippen molar-refractivity contribution in [2.24, 2.45) is 4.99 Å². The van der Waals surface area contributed by atoms with Crippen LogP contribution in [0.2, 0.25) is 0 Å². The Hall–Kier alpha value is -1.82. The average molecular weight is 304 g/mol. The molecule has 112 valence electrons. The molecule has 1 heterocycles. The predicted octanol–water partition coefficient (Wildman–Crippen LogP) is 3.70. The number of hydrogen-bond acceptors (Lipinski definition) is 5. The first-order chi connectivity index (χ1) is 9.99. The molecule has 0 saturated carbocycles. The van der Waals surface area contributed by atoms with Crippen LogP contribution in [0, 0.1) is 0 Å². The highest BCUT2D eigenvalue weighted by atomic mass is 32.2. The summed E-state index contributed by atoms with van der Waals surface area (Å²) in [6.07, 6.45) is 0. The number of anilines is 1. The predicted molar refractivity (Wildman–Crippen MR) is 87.7 cm³/mol. The van der Waals surface area contributed by atoms with Crippen molar-refractivity contribution in [3.63, 3.8) is 0 Å². The quantitative estimate of drug-likeness (QED) is 0.692. The van der Waals surface area contributed by atoms with Crippen molar-refractivity contribution in [2.75, 3.05) is 12.4 Å². The van der Waals surface area contributed by atoms with Crippen molar-refractivity contribution in [3.05, 3.63) is 41.8 Å². The van der Waals surface area contributed by atoms with E-state index in [2.05, 4.69) is 32.6 Å². The van der Waals surface area contributed by atoms with Crippen molar-refractivity contribution in [1.82, 2.24) is 10.2 Å². The van der Waals surface area contributed by atoms with Gasteiger partial charge in [-0.2, -0.15) is 0 Å². The minimum atomic E-state index is -0.159. The van der Waals surface area contributed by atoms with Gasteiger partial charge in [0.2, 0.25) is 5.89 Å². The molecule has 0 aliphatic rings. The Kier molecular flexibility index (Phi) is 5.01. The van der Waals surface area contributed by atoms with Crippen LogP contribution in [0.15, 0.2) is 39.7 Å². The summed E-state index contributed by atoms with van der Waals surface area (Å²) < 4.78 is 5.60. The standard InChI is InChI=1S/C15H20N4OS/c1-15(2,3)12-18-19-13(20-12)17-14(16-4)21-10-11-8-6-5-7-9-11/h5-9H,10H2,1-4H3,(H,16,17,19). The van der Waals surface area contributed by atoms with Gasteiger partial charge >= 0.3 is 6.01 Å². The van der Waals surface area contributed by atoms with Crippen molar-refractivity contribution >= 4 is 22.9 Å². The summed E-state index contributed by atoms with van der Waals surface area (Å²) in [6, 6.07) is 10.6. The average Bonchev–Trinajstić information content (AvgIpc) is 2.93. The maximum absolute atomic E-state index is 5.60. The number of rotatable bonds is 3. The first kappa shape index (κ1) is 15.6. The monoisotopic (exact) mass is 304 g/mol. The van der Waals surface area contributed by atoms with Gasteiger partial charge in [-0.05, 0) is 5.56 Å². The minimum Gasteiger partial charge on any atom is -0.407 e. The number of nitrogens with zero attached hydrogens (tertiary/aromatic N) is 3. The van der Waals surface area contributed by atoms with Crippen LogP contribution in [-0.2, 0) is 11.2 Å². The molecule has 0 bridgehead atoms. The van der Waals surface area contributed by atoms with Crippen molar-refractivity contribution < 1.29 is 4.42 Å². The van der Waals surface area contributed by atoms with Crippen LogP contribution in [-0.4, -0.2) is 22.4 Å². The molecule has 6 heteroatoms. The van der Waals surface area contributed by atoms with Gasteiger partial charge in [-0.15, -0.1) is 5.10 Å². The molecule has 0 atom stereocenters. The van der Waals surface area contributed by atoms with Crippen LogP contribution < -0.4 is 5.32 Å². The number of hydrogen-bond donors (Lipinski definition) is 1. The number of aromatic nitrogens is 2. The normalized spacial score (nSPS) is 12.5. The second-order valence-corrected chi connectivity index (χ2v) is 6.55.